The lowest BCUT2D eigenvalue weighted by Crippen LogP contribution is -2.16. The van der Waals surface area contributed by atoms with E-state index in [0.29, 0.717) is 29.5 Å². The molecule has 2 N–H and O–H groups in total. The van der Waals surface area contributed by atoms with Crippen LogP contribution in [0, 0.1) is 0 Å². The molecular weight excluding hydrogens is 290 g/mol. The van der Waals surface area contributed by atoms with Crippen LogP contribution in [0.15, 0.2) is 5.38 Å². The van der Waals surface area contributed by atoms with E-state index in [1.165, 1.54) is 11.3 Å². The first-order valence-corrected chi connectivity index (χ1v) is 8.17. The van der Waals surface area contributed by atoms with Crippen LogP contribution in [0.25, 0.3) is 0 Å². The lowest BCUT2D eigenvalue weighted by Gasteiger charge is -2.08. The zero-order valence-electron chi connectivity index (χ0n) is 12.3. The minimum atomic E-state index is -0.509. The van der Waals surface area contributed by atoms with Crippen molar-refractivity contribution >= 4 is 28.2 Å². The van der Waals surface area contributed by atoms with Crippen LogP contribution in [-0.2, 0) is 9.53 Å². The number of nitrogens with one attached hydrogen (secondary N) is 1. The molecule has 1 aromatic rings. The van der Waals surface area contributed by atoms with E-state index in [-0.39, 0.29) is 18.3 Å². The van der Waals surface area contributed by atoms with Gasteiger partial charge in [0, 0.05) is 6.42 Å². The van der Waals surface area contributed by atoms with E-state index in [0.717, 1.165) is 18.4 Å². The largest absolute Gasteiger partial charge is 0.462 e. The number of aliphatic hydroxyl groups excluding tert-OH is 1. The quantitative estimate of drug-likeness (QED) is 0.759. The molecule has 0 aliphatic heterocycles. The molecule has 1 saturated carbocycles. The lowest BCUT2D eigenvalue weighted by molar-refractivity contribution is -0.116. The minimum absolute atomic E-state index is 0.189. The highest BCUT2D eigenvalue weighted by molar-refractivity contribution is 7.15. The second-order valence-corrected chi connectivity index (χ2v) is 6.21. The predicted octanol–water partition coefficient (Wildman–Crippen LogP) is 2.90. The van der Waals surface area contributed by atoms with Crippen LogP contribution in [0.2, 0.25) is 0 Å². The molecule has 116 valence electrons. The highest BCUT2D eigenvalue weighted by Gasteiger charge is 2.32. The van der Waals surface area contributed by atoms with Crippen molar-refractivity contribution in [2.24, 2.45) is 0 Å². The van der Waals surface area contributed by atoms with Gasteiger partial charge in [-0.25, -0.2) is 4.79 Å². The van der Waals surface area contributed by atoms with Crippen molar-refractivity contribution in [1.82, 2.24) is 0 Å². The van der Waals surface area contributed by atoms with E-state index in [1.807, 2.05) is 5.38 Å². The molecule has 1 aliphatic carbocycles. The van der Waals surface area contributed by atoms with Gasteiger partial charge >= 0.3 is 5.97 Å². The third kappa shape index (κ3) is 4.28. The van der Waals surface area contributed by atoms with Crippen molar-refractivity contribution in [2.45, 2.75) is 51.6 Å². The van der Waals surface area contributed by atoms with E-state index in [2.05, 4.69) is 5.32 Å². The van der Waals surface area contributed by atoms with Crippen molar-refractivity contribution in [3.05, 3.63) is 16.5 Å². The van der Waals surface area contributed by atoms with Crippen LogP contribution in [0.4, 0.5) is 5.00 Å². The molecule has 1 heterocycles. The van der Waals surface area contributed by atoms with Crippen LogP contribution in [0.1, 0.15) is 61.4 Å². The second-order valence-electron chi connectivity index (χ2n) is 5.33. The van der Waals surface area contributed by atoms with E-state index in [9.17, 15) is 14.7 Å². The van der Waals surface area contributed by atoms with Crippen molar-refractivity contribution in [3.8, 4) is 0 Å². The Morgan fingerprint density at radius 1 is 1.52 bits per heavy atom. The maximum absolute atomic E-state index is 12.1. The number of hydrogen-bond acceptors (Lipinski definition) is 5. The molecule has 1 amide bonds. The Morgan fingerprint density at radius 2 is 2.24 bits per heavy atom. The number of aliphatic hydroxyl groups is 1. The molecule has 1 unspecified atom stereocenters. The fourth-order valence-electron chi connectivity index (χ4n) is 2.10. The predicted molar refractivity (Wildman–Crippen MR) is 81.8 cm³/mol. The number of anilines is 1. The second kappa shape index (κ2) is 7.04. The molecular formula is C15H21NO4S. The van der Waals surface area contributed by atoms with Gasteiger partial charge in [-0.1, -0.05) is 0 Å². The van der Waals surface area contributed by atoms with Crippen LogP contribution in [0.5, 0.6) is 0 Å². The summed E-state index contributed by atoms with van der Waals surface area (Å²) in [4.78, 5) is 24.0. The van der Waals surface area contributed by atoms with Gasteiger partial charge in [0.25, 0.3) is 0 Å². The number of rotatable bonds is 7. The van der Waals surface area contributed by atoms with Gasteiger partial charge < -0.3 is 15.2 Å². The van der Waals surface area contributed by atoms with Crippen LogP contribution in [0.3, 0.4) is 0 Å². The number of carbonyl (C=O) groups is 2. The van der Waals surface area contributed by atoms with E-state index < -0.39 is 6.10 Å². The first-order valence-electron chi connectivity index (χ1n) is 7.29. The average molecular weight is 311 g/mol. The lowest BCUT2D eigenvalue weighted by atomic mass is 10.1. The van der Waals surface area contributed by atoms with Gasteiger partial charge in [0.1, 0.15) is 5.00 Å². The summed E-state index contributed by atoms with van der Waals surface area (Å²) < 4.78 is 5.10. The number of esters is 1. The Bertz CT molecular complexity index is 520. The fourth-order valence-corrected chi connectivity index (χ4v) is 3.15. The van der Waals surface area contributed by atoms with Gasteiger partial charge in [-0.3, -0.25) is 4.79 Å². The molecule has 1 aromatic heterocycles. The van der Waals surface area contributed by atoms with Crippen LogP contribution >= 0.6 is 11.3 Å². The van der Waals surface area contributed by atoms with Crippen molar-refractivity contribution < 1.29 is 19.4 Å². The maximum Gasteiger partial charge on any atom is 0.341 e. The standard InChI is InChI=1S/C15H21NO4S/c1-3-20-15(19)13-11(10-5-6-10)8-21-14(13)16-12(18)7-4-9(2)17/h8-10,17H,3-7H2,1-2H3,(H,16,18). The number of amides is 1. The van der Waals surface area contributed by atoms with Gasteiger partial charge in [0.15, 0.2) is 0 Å². The summed E-state index contributed by atoms with van der Waals surface area (Å²) in [6.07, 6.45) is 2.29. The molecule has 0 saturated heterocycles. The molecule has 2 rings (SSSR count). The van der Waals surface area contributed by atoms with Gasteiger partial charge in [-0.05, 0) is 50.0 Å². The minimum Gasteiger partial charge on any atom is -0.462 e. The first-order chi connectivity index (χ1) is 10.0. The summed E-state index contributed by atoms with van der Waals surface area (Å²) in [6.45, 7) is 3.73. The number of hydrogen-bond donors (Lipinski definition) is 2. The number of thiophene rings is 1. The Labute approximate surface area is 128 Å². The number of carbonyl (C=O) groups excluding carboxylic acids is 2. The molecule has 0 radical (unpaired) electrons. The maximum atomic E-state index is 12.1. The fraction of sp³-hybridized carbons (Fsp3) is 0.600. The van der Waals surface area contributed by atoms with Gasteiger partial charge in [-0.15, -0.1) is 11.3 Å². The summed E-state index contributed by atoms with van der Waals surface area (Å²) in [6, 6.07) is 0. The molecule has 1 fully saturated rings. The highest BCUT2D eigenvalue weighted by Crippen LogP contribution is 2.46. The third-order valence-corrected chi connectivity index (χ3v) is 4.27. The molecule has 5 nitrogen and oxygen atoms in total. The molecule has 1 aliphatic rings. The van der Waals surface area contributed by atoms with Crippen LogP contribution in [-0.4, -0.2) is 29.7 Å². The number of ether oxygens (including phenoxy) is 1. The zero-order chi connectivity index (χ0) is 15.4. The zero-order valence-corrected chi connectivity index (χ0v) is 13.2. The Kier molecular flexibility index (Phi) is 5.36. The molecule has 6 heteroatoms. The third-order valence-electron chi connectivity index (χ3n) is 3.36. The molecule has 0 bridgehead atoms. The van der Waals surface area contributed by atoms with Gasteiger partial charge in [0.2, 0.25) is 5.91 Å². The summed E-state index contributed by atoms with van der Waals surface area (Å²) in [5.74, 6) is -0.138. The summed E-state index contributed by atoms with van der Waals surface area (Å²) >= 11 is 1.37. The van der Waals surface area contributed by atoms with Gasteiger partial charge in [-0.2, -0.15) is 0 Å². The molecule has 1 atom stereocenters. The SMILES string of the molecule is CCOC(=O)c1c(C2CC2)csc1NC(=O)CCC(C)O. The first kappa shape index (κ1) is 16.0. The summed E-state index contributed by atoms with van der Waals surface area (Å²) in [5.41, 5.74) is 1.50. The Balaban J connectivity index is 2.11. The summed E-state index contributed by atoms with van der Waals surface area (Å²) in [5, 5.41) is 14.5. The Hall–Kier alpha value is -1.40. The topological polar surface area (TPSA) is 75.6 Å². The van der Waals surface area contributed by atoms with Crippen molar-refractivity contribution in [3.63, 3.8) is 0 Å². The molecule has 0 spiro atoms. The van der Waals surface area contributed by atoms with E-state index in [4.69, 9.17) is 4.74 Å². The average Bonchev–Trinajstić information content (AvgIpc) is 3.18. The molecule has 21 heavy (non-hydrogen) atoms. The Morgan fingerprint density at radius 3 is 2.81 bits per heavy atom. The summed E-state index contributed by atoms with van der Waals surface area (Å²) in [7, 11) is 0. The van der Waals surface area contributed by atoms with E-state index >= 15 is 0 Å². The van der Waals surface area contributed by atoms with E-state index in [1.54, 1.807) is 13.8 Å². The van der Waals surface area contributed by atoms with Crippen molar-refractivity contribution in [2.75, 3.05) is 11.9 Å². The smallest absolute Gasteiger partial charge is 0.341 e. The van der Waals surface area contributed by atoms with Gasteiger partial charge in [0.05, 0.1) is 18.3 Å². The molecule has 0 aromatic carbocycles. The monoisotopic (exact) mass is 311 g/mol. The highest BCUT2D eigenvalue weighted by atomic mass is 32.1. The normalized spacial score (nSPS) is 15.6. The van der Waals surface area contributed by atoms with Crippen LogP contribution < -0.4 is 5.32 Å². The van der Waals surface area contributed by atoms with Crippen molar-refractivity contribution in [1.29, 1.82) is 0 Å².